The van der Waals surface area contributed by atoms with Crippen molar-refractivity contribution in [2.75, 3.05) is 5.32 Å². The van der Waals surface area contributed by atoms with Crippen molar-refractivity contribution in [3.8, 4) is 11.3 Å². The van der Waals surface area contributed by atoms with Crippen molar-refractivity contribution in [3.05, 3.63) is 77.6 Å². The molecule has 0 atom stereocenters. The molecule has 0 aliphatic heterocycles. The van der Waals surface area contributed by atoms with E-state index < -0.39 is 17.6 Å². The summed E-state index contributed by atoms with van der Waals surface area (Å²) < 4.78 is 44.6. The average Bonchev–Trinajstić information content (AvgIpc) is 3.06. The third kappa shape index (κ3) is 3.74. The standard InChI is InChI=1S/C19H14F3NO2/c1-12-6-8-13(9-7-12)23-18(24)17-11-10-16(25-17)14-4-2-3-5-15(14)19(20,21)22/h2-11H,1H3,(H,23,24). The van der Waals surface area contributed by atoms with Gasteiger partial charge in [-0.05, 0) is 37.3 Å². The lowest BCUT2D eigenvalue weighted by molar-refractivity contribution is -0.137. The van der Waals surface area contributed by atoms with Crippen LogP contribution in [-0.2, 0) is 6.18 Å². The maximum Gasteiger partial charge on any atom is 0.417 e. The molecule has 2 aromatic carbocycles. The topological polar surface area (TPSA) is 42.2 Å². The van der Waals surface area contributed by atoms with Crippen LogP contribution in [0.25, 0.3) is 11.3 Å². The molecule has 1 amide bonds. The van der Waals surface area contributed by atoms with Crippen molar-refractivity contribution in [1.82, 2.24) is 0 Å². The van der Waals surface area contributed by atoms with Crippen LogP contribution in [-0.4, -0.2) is 5.91 Å². The number of benzene rings is 2. The molecule has 3 rings (SSSR count). The summed E-state index contributed by atoms with van der Waals surface area (Å²) in [5.41, 5.74) is 0.700. The molecule has 128 valence electrons. The van der Waals surface area contributed by atoms with Crippen molar-refractivity contribution in [2.24, 2.45) is 0 Å². The lowest BCUT2D eigenvalue weighted by atomic mass is 10.1. The number of nitrogens with one attached hydrogen (secondary N) is 1. The summed E-state index contributed by atoms with van der Waals surface area (Å²) in [6, 6.07) is 14.9. The van der Waals surface area contributed by atoms with Crippen molar-refractivity contribution in [3.63, 3.8) is 0 Å². The molecule has 1 N–H and O–H groups in total. The van der Waals surface area contributed by atoms with Crippen LogP contribution in [0.2, 0.25) is 0 Å². The Balaban J connectivity index is 1.86. The second-order valence-corrected chi connectivity index (χ2v) is 5.53. The third-order valence-electron chi connectivity index (χ3n) is 3.64. The number of anilines is 1. The Morgan fingerprint density at radius 3 is 2.32 bits per heavy atom. The van der Waals surface area contributed by atoms with Gasteiger partial charge in [0.25, 0.3) is 5.91 Å². The molecule has 25 heavy (non-hydrogen) atoms. The smallest absolute Gasteiger partial charge is 0.417 e. The van der Waals surface area contributed by atoms with E-state index >= 15 is 0 Å². The van der Waals surface area contributed by atoms with Crippen molar-refractivity contribution in [1.29, 1.82) is 0 Å². The number of halogens is 3. The van der Waals surface area contributed by atoms with E-state index in [2.05, 4.69) is 5.32 Å². The Labute approximate surface area is 142 Å². The number of amides is 1. The zero-order valence-electron chi connectivity index (χ0n) is 13.2. The van der Waals surface area contributed by atoms with E-state index in [1.54, 1.807) is 12.1 Å². The summed E-state index contributed by atoms with van der Waals surface area (Å²) in [5.74, 6) is -0.603. The van der Waals surface area contributed by atoms with Gasteiger partial charge in [0.15, 0.2) is 5.76 Å². The van der Waals surface area contributed by atoms with E-state index in [1.807, 2.05) is 19.1 Å². The van der Waals surface area contributed by atoms with Crippen molar-refractivity contribution >= 4 is 11.6 Å². The number of furan rings is 1. The van der Waals surface area contributed by atoms with Gasteiger partial charge in [-0.25, -0.2) is 0 Å². The lowest BCUT2D eigenvalue weighted by Gasteiger charge is -2.10. The zero-order valence-corrected chi connectivity index (χ0v) is 13.2. The number of hydrogen-bond acceptors (Lipinski definition) is 2. The molecule has 1 heterocycles. The largest absolute Gasteiger partial charge is 0.451 e. The first-order chi connectivity index (χ1) is 11.8. The highest BCUT2D eigenvalue weighted by atomic mass is 19.4. The van der Waals surface area contributed by atoms with Gasteiger partial charge in [-0.1, -0.05) is 35.9 Å². The molecule has 0 bridgehead atoms. The fourth-order valence-electron chi connectivity index (χ4n) is 2.38. The predicted octanol–water partition coefficient (Wildman–Crippen LogP) is 5.53. The van der Waals surface area contributed by atoms with Crippen molar-refractivity contribution < 1.29 is 22.4 Å². The van der Waals surface area contributed by atoms with Crippen LogP contribution in [0, 0.1) is 6.92 Å². The minimum atomic E-state index is -4.51. The fourth-order valence-corrected chi connectivity index (χ4v) is 2.38. The quantitative estimate of drug-likeness (QED) is 0.678. The molecular formula is C19H14F3NO2. The predicted molar refractivity (Wildman–Crippen MR) is 88.3 cm³/mol. The van der Waals surface area contributed by atoms with E-state index in [0.717, 1.165) is 11.6 Å². The normalized spacial score (nSPS) is 11.4. The van der Waals surface area contributed by atoms with Gasteiger partial charge < -0.3 is 9.73 Å². The highest BCUT2D eigenvalue weighted by Gasteiger charge is 2.34. The Bertz CT molecular complexity index is 896. The first-order valence-corrected chi connectivity index (χ1v) is 7.49. The second-order valence-electron chi connectivity index (χ2n) is 5.53. The Morgan fingerprint density at radius 1 is 0.960 bits per heavy atom. The molecule has 3 nitrogen and oxygen atoms in total. The molecule has 0 aliphatic rings. The van der Waals surface area contributed by atoms with Crippen LogP contribution in [0.4, 0.5) is 18.9 Å². The molecule has 0 aliphatic carbocycles. The fraction of sp³-hybridized carbons (Fsp3) is 0.105. The molecule has 6 heteroatoms. The maximum atomic E-state index is 13.1. The van der Waals surface area contributed by atoms with E-state index in [-0.39, 0.29) is 17.1 Å². The lowest BCUT2D eigenvalue weighted by Crippen LogP contribution is -2.10. The summed E-state index contributed by atoms with van der Waals surface area (Å²) >= 11 is 0. The van der Waals surface area contributed by atoms with Gasteiger partial charge in [0.1, 0.15) is 5.76 Å². The van der Waals surface area contributed by atoms with Crippen LogP contribution in [0.5, 0.6) is 0 Å². The minimum absolute atomic E-state index is 0.0121. The number of carbonyl (C=O) groups is 1. The number of rotatable bonds is 3. The van der Waals surface area contributed by atoms with Crippen LogP contribution in [0.15, 0.2) is 65.1 Å². The summed E-state index contributed by atoms with van der Waals surface area (Å²) in [6.07, 6.45) is -4.51. The summed E-state index contributed by atoms with van der Waals surface area (Å²) in [5, 5.41) is 2.64. The molecule has 1 aromatic heterocycles. The minimum Gasteiger partial charge on any atom is -0.451 e. The maximum absolute atomic E-state index is 13.1. The van der Waals surface area contributed by atoms with E-state index in [9.17, 15) is 18.0 Å². The van der Waals surface area contributed by atoms with Crippen LogP contribution >= 0.6 is 0 Å². The van der Waals surface area contributed by atoms with Crippen molar-refractivity contribution in [2.45, 2.75) is 13.1 Å². The number of carbonyl (C=O) groups excluding carboxylic acids is 1. The van der Waals surface area contributed by atoms with E-state index in [1.165, 1.54) is 30.3 Å². The summed E-state index contributed by atoms with van der Waals surface area (Å²) in [4.78, 5) is 12.2. The molecule has 0 saturated carbocycles. The van der Waals surface area contributed by atoms with Gasteiger partial charge in [0.2, 0.25) is 0 Å². The highest BCUT2D eigenvalue weighted by molar-refractivity contribution is 6.02. The van der Waals surface area contributed by atoms with Gasteiger partial charge in [-0.2, -0.15) is 13.2 Å². The Morgan fingerprint density at radius 2 is 1.64 bits per heavy atom. The van der Waals surface area contributed by atoms with Gasteiger partial charge in [0.05, 0.1) is 5.56 Å². The van der Waals surface area contributed by atoms with Gasteiger partial charge in [0, 0.05) is 11.3 Å². The third-order valence-corrected chi connectivity index (χ3v) is 3.64. The number of hydrogen-bond donors (Lipinski definition) is 1. The SMILES string of the molecule is Cc1ccc(NC(=O)c2ccc(-c3ccccc3C(F)(F)F)o2)cc1. The molecular weight excluding hydrogens is 331 g/mol. The monoisotopic (exact) mass is 345 g/mol. The summed E-state index contributed by atoms with van der Waals surface area (Å²) in [6.45, 7) is 1.92. The number of alkyl halides is 3. The molecule has 3 aromatic rings. The molecule has 0 unspecified atom stereocenters. The Kier molecular flexibility index (Phi) is 4.35. The molecule has 0 saturated heterocycles. The van der Waals surface area contributed by atoms with Gasteiger partial charge in [-0.15, -0.1) is 0 Å². The first kappa shape index (κ1) is 16.8. The second kappa shape index (κ2) is 6.47. The first-order valence-electron chi connectivity index (χ1n) is 7.49. The van der Waals surface area contributed by atoms with Crippen LogP contribution in [0.1, 0.15) is 21.7 Å². The van der Waals surface area contributed by atoms with Gasteiger partial charge in [-0.3, -0.25) is 4.79 Å². The van der Waals surface area contributed by atoms with E-state index in [4.69, 9.17) is 4.42 Å². The van der Waals surface area contributed by atoms with Crippen LogP contribution < -0.4 is 5.32 Å². The zero-order chi connectivity index (χ0) is 18.0. The Hall–Kier alpha value is -3.02. The number of aryl methyl sites for hydroxylation is 1. The highest BCUT2D eigenvalue weighted by Crippen LogP contribution is 2.37. The van der Waals surface area contributed by atoms with Crippen LogP contribution in [0.3, 0.4) is 0 Å². The van der Waals surface area contributed by atoms with E-state index in [0.29, 0.717) is 5.69 Å². The van der Waals surface area contributed by atoms with Gasteiger partial charge >= 0.3 is 6.18 Å². The molecule has 0 radical (unpaired) electrons. The average molecular weight is 345 g/mol. The molecule has 0 spiro atoms. The summed E-state index contributed by atoms with van der Waals surface area (Å²) in [7, 11) is 0. The molecule has 0 fully saturated rings.